The van der Waals surface area contributed by atoms with Gasteiger partial charge in [-0.3, -0.25) is 0 Å². The van der Waals surface area contributed by atoms with Crippen LogP contribution in [0.2, 0.25) is 0 Å². The second kappa shape index (κ2) is 5.55. The van der Waals surface area contributed by atoms with E-state index in [1.165, 1.54) is 6.07 Å². The number of aromatic carboxylic acids is 1. The van der Waals surface area contributed by atoms with Gasteiger partial charge in [-0.25, -0.2) is 9.78 Å². The fourth-order valence-electron chi connectivity index (χ4n) is 1.99. The lowest BCUT2D eigenvalue weighted by Gasteiger charge is -2.03. The Hall–Kier alpha value is -2.76. The number of nitrogens with zero attached hydrogens (tertiary/aromatic N) is 1. The molecule has 3 rings (SSSR count). The maximum atomic E-state index is 10.7. The first-order valence-electron chi connectivity index (χ1n) is 6.88. The molecule has 0 spiro atoms. The second-order valence-corrected chi connectivity index (χ2v) is 5.20. The van der Waals surface area contributed by atoms with Gasteiger partial charge in [0.1, 0.15) is 23.6 Å². The molecular weight excluding hydrogens is 286 g/mol. The molecule has 1 N–H and O–H groups in total. The molecule has 6 nitrogen and oxygen atoms in total. The number of hydrogen-bond acceptors (Lipinski definition) is 5. The molecule has 0 fully saturated rings. The van der Waals surface area contributed by atoms with Gasteiger partial charge in [-0.05, 0) is 24.3 Å². The van der Waals surface area contributed by atoms with Crippen molar-refractivity contribution in [2.45, 2.75) is 26.4 Å². The van der Waals surface area contributed by atoms with Gasteiger partial charge in [-0.2, -0.15) is 0 Å². The molecule has 22 heavy (non-hydrogen) atoms. The fourth-order valence-corrected chi connectivity index (χ4v) is 1.99. The molecule has 0 saturated heterocycles. The Kier molecular flexibility index (Phi) is 3.58. The lowest BCUT2D eigenvalue weighted by molar-refractivity contribution is 0.0658. The molecule has 0 aliphatic rings. The van der Waals surface area contributed by atoms with Crippen molar-refractivity contribution in [1.29, 1.82) is 0 Å². The molecule has 0 atom stereocenters. The average molecular weight is 301 g/mol. The first kappa shape index (κ1) is 14.2. The van der Waals surface area contributed by atoms with Gasteiger partial charge >= 0.3 is 5.97 Å². The van der Waals surface area contributed by atoms with Crippen molar-refractivity contribution >= 4 is 17.1 Å². The number of carboxylic acids is 1. The number of aromatic nitrogens is 1. The summed E-state index contributed by atoms with van der Waals surface area (Å²) in [4.78, 5) is 15.1. The molecule has 0 unspecified atom stereocenters. The first-order chi connectivity index (χ1) is 10.5. The predicted molar refractivity (Wildman–Crippen MR) is 78.1 cm³/mol. The number of hydrogen-bond donors (Lipinski definition) is 1. The van der Waals surface area contributed by atoms with Crippen LogP contribution < -0.4 is 4.74 Å². The Morgan fingerprint density at radius 1 is 1.27 bits per heavy atom. The number of furan rings is 1. The van der Waals surface area contributed by atoms with Crippen LogP contribution in [0.4, 0.5) is 0 Å². The number of ether oxygens (including phenoxy) is 1. The molecule has 6 heteroatoms. The third kappa shape index (κ3) is 2.81. The maximum Gasteiger partial charge on any atom is 0.371 e. The molecule has 0 aliphatic carbocycles. The van der Waals surface area contributed by atoms with Gasteiger partial charge in [-0.1, -0.05) is 13.8 Å². The normalized spacial score (nSPS) is 11.2. The molecule has 0 amide bonds. The van der Waals surface area contributed by atoms with Crippen molar-refractivity contribution in [3.8, 4) is 5.75 Å². The molecule has 0 aliphatic heterocycles. The minimum Gasteiger partial charge on any atom is -0.486 e. The lowest BCUT2D eigenvalue weighted by Crippen LogP contribution is -1.95. The van der Waals surface area contributed by atoms with E-state index < -0.39 is 5.97 Å². The predicted octanol–water partition coefficient (Wildman–Crippen LogP) is 3.82. The van der Waals surface area contributed by atoms with E-state index in [4.69, 9.17) is 18.7 Å². The highest BCUT2D eigenvalue weighted by atomic mass is 16.5. The smallest absolute Gasteiger partial charge is 0.371 e. The highest BCUT2D eigenvalue weighted by Crippen LogP contribution is 2.25. The Morgan fingerprint density at radius 3 is 2.77 bits per heavy atom. The van der Waals surface area contributed by atoms with E-state index in [2.05, 4.69) is 4.98 Å². The molecule has 2 heterocycles. The van der Waals surface area contributed by atoms with Gasteiger partial charge in [-0.15, -0.1) is 0 Å². The summed E-state index contributed by atoms with van der Waals surface area (Å²) in [7, 11) is 0. The lowest BCUT2D eigenvalue weighted by atomic mass is 10.2. The van der Waals surface area contributed by atoms with Crippen LogP contribution in [0.15, 0.2) is 39.2 Å². The van der Waals surface area contributed by atoms with Crippen LogP contribution in [0.1, 0.15) is 42.0 Å². The zero-order valence-electron chi connectivity index (χ0n) is 12.2. The summed E-state index contributed by atoms with van der Waals surface area (Å²) in [5, 5.41) is 8.80. The highest BCUT2D eigenvalue weighted by molar-refractivity contribution is 5.84. The first-order valence-corrected chi connectivity index (χ1v) is 6.88. The zero-order valence-corrected chi connectivity index (χ0v) is 12.2. The number of carbonyl (C=O) groups is 1. The summed E-state index contributed by atoms with van der Waals surface area (Å²) < 4.78 is 16.4. The molecule has 0 radical (unpaired) electrons. The van der Waals surface area contributed by atoms with Crippen LogP contribution in [0.3, 0.4) is 0 Å². The molecule has 0 saturated carbocycles. The van der Waals surface area contributed by atoms with Gasteiger partial charge in [0.25, 0.3) is 0 Å². The average Bonchev–Trinajstić information content (AvgIpc) is 3.11. The number of oxazole rings is 1. The van der Waals surface area contributed by atoms with Crippen LogP contribution >= 0.6 is 0 Å². The van der Waals surface area contributed by atoms with Crippen LogP contribution in [0, 0.1) is 0 Å². The molecule has 2 aromatic heterocycles. The second-order valence-electron chi connectivity index (χ2n) is 5.20. The fraction of sp³-hybridized carbons (Fsp3) is 0.250. The van der Waals surface area contributed by atoms with Crippen molar-refractivity contribution in [1.82, 2.24) is 4.98 Å². The Labute approximate surface area is 126 Å². The largest absolute Gasteiger partial charge is 0.486 e. The summed E-state index contributed by atoms with van der Waals surface area (Å²) in [5.74, 6) is 0.757. The number of benzene rings is 1. The summed E-state index contributed by atoms with van der Waals surface area (Å²) in [6.07, 6.45) is 0. The summed E-state index contributed by atoms with van der Waals surface area (Å²) >= 11 is 0. The highest BCUT2D eigenvalue weighted by Gasteiger charge is 2.11. The van der Waals surface area contributed by atoms with Crippen molar-refractivity contribution in [2.24, 2.45) is 0 Å². The van der Waals surface area contributed by atoms with E-state index in [0.29, 0.717) is 23.0 Å². The van der Waals surface area contributed by atoms with E-state index in [1.54, 1.807) is 24.3 Å². The van der Waals surface area contributed by atoms with Crippen molar-refractivity contribution in [2.75, 3.05) is 0 Å². The molecule has 3 aromatic rings. The van der Waals surface area contributed by atoms with E-state index in [-0.39, 0.29) is 18.3 Å². The third-order valence-corrected chi connectivity index (χ3v) is 3.12. The topological polar surface area (TPSA) is 85.7 Å². The quantitative estimate of drug-likeness (QED) is 0.771. The van der Waals surface area contributed by atoms with Crippen molar-refractivity contribution < 1.29 is 23.5 Å². The van der Waals surface area contributed by atoms with E-state index in [1.807, 2.05) is 13.8 Å². The molecular formula is C16H15NO5. The number of carboxylic acid groups (broad SMARTS) is 1. The molecule has 114 valence electrons. The Bertz CT molecular complexity index is 815. The standard InChI is InChI=1S/C16H15NO5/c1-9(2)15-17-12-7-10(3-5-13(12)22-15)20-8-11-4-6-14(21-11)16(18)19/h3-7,9H,8H2,1-2H3,(H,18,19). The van der Waals surface area contributed by atoms with E-state index in [9.17, 15) is 4.79 Å². The number of rotatable bonds is 5. The Balaban J connectivity index is 1.74. The summed E-state index contributed by atoms with van der Waals surface area (Å²) in [6.45, 7) is 4.17. The van der Waals surface area contributed by atoms with Gasteiger partial charge < -0.3 is 18.7 Å². The Morgan fingerprint density at radius 2 is 2.09 bits per heavy atom. The maximum absolute atomic E-state index is 10.7. The van der Waals surface area contributed by atoms with Crippen molar-refractivity contribution in [3.63, 3.8) is 0 Å². The SMILES string of the molecule is CC(C)c1nc2cc(OCc3ccc(C(=O)O)o3)ccc2o1. The summed E-state index contributed by atoms with van der Waals surface area (Å²) in [5.41, 5.74) is 1.44. The van der Waals surface area contributed by atoms with E-state index in [0.717, 1.165) is 5.52 Å². The number of fused-ring (bicyclic) bond motifs is 1. The van der Waals surface area contributed by atoms with Crippen LogP contribution in [-0.2, 0) is 6.61 Å². The van der Waals surface area contributed by atoms with Crippen LogP contribution in [0.25, 0.3) is 11.1 Å². The van der Waals surface area contributed by atoms with Crippen LogP contribution in [0.5, 0.6) is 5.75 Å². The molecule has 1 aromatic carbocycles. The minimum atomic E-state index is -1.10. The van der Waals surface area contributed by atoms with E-state index >= 15 is 0 Å². The van der Waals surface area contributed by atoms with Crippen molar-refractivity contribution in [3.05, 3.63) is 47.7 Å². The monoisotopic (exact) mass is 301 g/mol. The third-order valence-electron chi connectivity index (χ3n) is 3.12. The van der Waals surface area contributed by atoms with Gasteiger partial charge in [0.15, 0.2) is 11.5 Å². The molecule has 0 bridgehead atoms. The minimum absolute atomic E-state index is 0.105. The summed E-state index contributed by atoms with van der Waals surface area (Å²) in [6, 6.07) is 8.34. The van der Waals surface area contributed by atoms with Gasteiger partial charge in [0, 0.05) is 12.0 Å². The van der Waals surface area contributed by atoms with Crippen LogP contribution in [-0.4, -0.2) is 16.1 Å². The van der Waals surface area contributed by atoms with Gasteiger partial charge in [0.2, 0.25) is 5.76 Å². The zero-order chi connectivity index (χ0) is 15.7. The van der Waals surface area contributed by atoms with Gasteiger partial charge in [0.05, 0.1) is 0 Å².